The highest BCUT2D eigenvalue weighted by atomic mass is 16.4. The quantitative estimate of drug-likeness (QED) is 0.343. The lowest BCUT2D eigenvalue weighted by Crippen LogP contribution is -2.46. The molecule has 0 fully saturated rings. The van der Waals surface area contributed by atoms with Crippen molar-refractivity contribution in [3.63, 3.8) is 0 Å². The number of nitrogens with one attached hydrogen (secondary N) is 2. The highest BCUT2D eigenvalue weighted by Gasteiger charge is 2.30. The third kappa shape index (κ3) is 8.95. The van der Waals surface area contributed by atoms with E-state index in [0.29, 0.717) is 0 Å². The first-order valence-corrected chi connectivity index (χ1v) is 9.61. The number of hydrogen-bond donors (Lipinski definition) is 4. The van der Waals surface area contributed by atoms with Gasteiger partial charge in [-0.25, -0.2) is 0 Å². The highest BCUT2D eigenvalue weighted by molar-refractivity contribution is 5.94. The standard InChI is InChI=1S/C21H28N2O7/c1-13(8-16(24)12-22-2)20(28)23-17(9-14-6-4-3-5-7-14)18(25)10-15(21(29)30)11-19(26)27/h3-7,13,15,17,22H,8-12H2,1-2H3,(H,23,28)(H,26,27)(H,29,30)/t13-,15+,17?/m1/s1. The second-order valence-corrected chi connectivity index (χ2v) is 7.23. The number of hydrogen-bond acceptors (Lipinski definition) is 6. The van der Waals surface area contributed by atoms with Crippen molar-refractivity contribution in [1.29, 1.82) is 0 Å². The minimum Gasteiger partial charge on any atom is -0.481 e. The van der Waals surface area contributed by atoms with Crippen LogP contribution in [-0.2, 0) is 30.4 Å². The molecule has 0 aromatic heterocycles. The zero-order chi connectivity index (χ0) is 22.7. The molecule has 0 spiro atoms. The van der Waals surface area contributed by atoms with Gasteiger partial charge in [-0.3, -0.25) is 24.0 Å². The molecule has 0 bridgehead atoms. The van der Waals surface area contributed by atoms with Gasteiger partial charge in [0, 0.05) is 18.8 Å². The predicted molar refractivity (Wildman–Crippen MR) is 108 cm³/mol. The molecular formula is C21H28N2O7. The van der Waals surface area contributed by atoms with Crippen LogP contribution in [0.3, 0.4) is 0 Å². The molecule has 30 heavy (non-hydrogen) atoms. The summed E-state index contributed by atoms with van der Waals surface area (Å²) in [5.74, 6) is -6.00. The van der Waals surface area contributed by atoms with Crippen LogP contribution in [0.25, 0.3) is 0 Å². The number of ketones is 2. The van der Waals surface area contributed by atoms with Gasteiger partial charge < -0.3 is 20.8 Å². The average Bonchev–Trinajstić information content (AvgIpc) is 2.67. The molecule has 0 saturated carbocycles. The zero-order valence-electron chi connectivity index (χ0n) is 17.1. The fourth-order valence-electron chi connectivity index (χ4n) is 2.96. The number of benzene rings is 1. The fourth-order valence-corrected chi connectivity index (χ4v) is 2.96. The van der Waals surface area contributed by atoms with Crippen molar-refractivity contribution >= 4 is 29.4 Å². The van der Waals surface area contributed by atoms with Gasteiger partial charge in [-0.05, 0) is 19.0 Å². The van der Waals surface area contributed by atoms with E-state index in [4.69, 9.17) is 5.11 Å². The van der Waals surface area contributed by atoms with Crippen molar-refractivity contribution in [3.8, 4) is 0 Å². The fraction of sp³-hybridized carbons (Fsp3) is 0.476. The SMILES string of the molecule is CNCC(=O)C[C@@H](C)C(=O)NC(Cc1ccccc1)C(=O)C[C@@H](CC(=O)O)C(=O)O. The summed E-state index contributed by atoms with van der Waals surface area (Å²) in [5.41, 5.74) is 0.750. The second kappa shape index (κ2) is 12.5. The lowest BCUT2D eigenvalue weighted by atomic mass is 9.92. The molecule has 0 aliphatic rings. The van der Waals surface area contributed by atoms with Gasteiger partial charge in [-0.15, -0.1) is 0 Å². The van der Waals surface area contributed by atoms with Gasteiger partial charge in [-0.1, -0.05) is 37.3 Å². The molecule has 9 nitrogen and oxygen atoms in total. The molecular weight excluding hydrogens is 392 g/mol. The molecule has 0 aliphatic carbocycles. The highest BCUT2D eigenvalue weighted by Crippen LogP contribution is 2.15. The molecule has 4 N–H and O–H groups in total. The van der Waals surface area contributed by atoms with Gasteiger partial charge in [0.1, 0.15) is 5.78 Å². The van der Waals surface area contributed by atoms with Crippen LogP contribution in [0, 0.1) is 11.8 Å². The van der Waals surface area contributed by atoms with E-state index in [1.54, 1.807) is 44.3 Å². The Hall–Kier alpha value is -3.07. The van der Waals surface area contributed by atoms with Crippen LogP contribution in [0.2, 0.25) is 0 Å². The Morgan fingerprint density at radius 1 is 0.967 bits per heavy atom. The lowest BCUT2D eigenvalue weighted by Gasteiger charge is -2.21. The van der Waals surface area contributed by atoms with Crippen molar-refractivity contribution in [3.05, 3.63) is 35.9 Å². The van der Waals surface area contributed by atoms with Crippen molar-refractivity contribution in [2.75, 3.05) is 13.6 Å². The first-order chi connectivity index (χ1) is 14.1. The van der Waals surface area contributed by atoms with Crippen LogP contribution < -0.4 is 10.6 Å². The summed E-state index contributed by atoms with van der Waals surface area (Å²) in [6.45, 7) is 1.69. The number of carbonyl (C=O) groups excluding carboxylic acids is 3. The van der Waals surface area contributed by atoms with Crippen LogP contribution in [-0.4, -0.2) is 59.3 Å². The minimum atomic E-state index is -1.39. The third-order valence-corrected chi connectivity index (χ3v) is 4.56. The first kappa shape index (κ1) is 25.0. The van der Waals surface area contributed by atoms with E-state index in [2.05, 4.69) is 10.6 Å². The molecule has 0 heterocycles. The van der Waals surface area contributed by atoms with E-state index in [1.807, 2.05) is 0 Å². The molecule has 0 radical (unpaired) electrons. The Morgan fingerprint density at radius 3 is 2.13 bits per heavy atom. The second-order valence-electron chi connectivity index (χ2n) is 7.23. The van der Waals surface area contributed by atoms with Crippen molar-refractivity contribution < 1.29 is 34.2 Å². The monoisotopic (exact) mass is 420 g/mol. The van der Waals surface area contributed by atoms with E-state index in [-0.39, 0.29) is 25.2 Å². The number of carbonyl (C=O) groups is 5. The number of amides is 1. The summed E-state index contributed by atoms with van der Waals surface area (Å²) in [6, 6.07) is 7.82. The van der Waals surface area contributed by atoms with Crippen molar-refractivity contribution in [2.24, 2.45) is 11.8 Å². The molecule has 1 amide bonds. The normalized spacial score (nSPS) is 13.7. The molecule has 9 heteroatoms. The van der Waals surface area contributed by atoms with Crippen LogP contribution in [0.1, 0.15) is 31.7 Å². The minimum absolute atomic E-state index is 0.00428. The van der Waals surface area contributed by atoms with Crippen molar-refractivity contribution in [2.45, 2.75) is 38.6 Å². The summed E-state index contributed by atoms with van der Waals surface area (Å²) in [5, 5.41) is 23.4. The van der Waals surface area contributed by atoms with Crippen LogP contribution in [0.4, 0.5) is 0 Å². The molecule has 0 aliphatic heterocycles. The Bertz CT molecular complexity index is 764. The van der Waals surface area contributed by atoms with E-state index in [0.717, 1.165) is 5.56 Å². The largest absolute Gasteiger partial charge is 0.481 e. The molecule has 1 aromatic rings. The molecule has 164 valence electrons. The third-order valence-electron chi connectivity index (χ3n) is 4.56. The molecule has 1 aromatic carbocycles. The smallest absolute Gasteiger partial charge is 0.307 e. The number of carboxylic acid groups (broad SMARTS) is 2. The topological polar surface area (TPSA) is 150 Å². The number of likely N-dealkylation sites (N-methyl/N-ethyl adjacent to an activating group) is 1. The maximum Gasteiger partial charge on any atom is 0.307 e. The molecule has 3 atom stereocenters. The number of carboxylic acids is 2. The van der Waals surface area contributed by atoms with E-state index in [9.17, 15) is 29.1 Å². The van der Waals surface area contributed by atoms with Crippen LogP contribution >= 0.6 is 0 Å². The van der Waals surface area contributed by atoms with Crippen molar-refractivity contribution in [1.82, 2.24) is 10.6 Å². The maximum atomic E-state index is 12.8. The summed E-state index contributed by atoms with van der Waals surface area (Å²) < 4.78 is 0. The zero-order valence-corrected chi connectivity index (χ0v) is 17.1. The van der Waals surface area contributed by atoms with Gasteiger partial charge in [0.15, 0.2) is 5.78 Å². The van der Waals surface area contributed by atoms with Gasteiger partial charge in [0.05, 0.1) is 24.9 Å². The summed E-state index contributed by atoms with van der Waals surface area (Å²) >= 11 is 0. The first-order valence-electron chi connectivity index (χ1n) is 9.61. The number of aliphatic carboxylic acids is 2. The van der Waals surface area contributed by atoms with Gasteiger partial charge >= 0.3 is 11.9 Å². The van der Waals surface area contributed by atoms with E-state index < -0.39 is 54.3 Å². The van der Waals surface area contributed by atoms with Gasteiger partial charge in [0.2, 0.25) is 5.91 Å². The Morgan fingerprint density at radius 2 is 1.60 bits per heavy atom. The number of rotatable bonds is 14. The Balaban J connectivity index is 2.94. The van der Waals surface area contributed by atoms with Crippen LogP contribution in [0.15, 0.2) is 30.3 Å². The average molecular weight is 420 g/mol. The Kier molecular flexibility index (Phi) is 10.4. The maximum absolute atomic E-state index is 12.8. The molecule has 1 unspecified atom stereocenters. The molecule has 1 rings (SSSR count). The van der Waals surface area contributed by atoms with Crippen LogP contribution in [0.5, 0.6) is 0 Å². The lowest BCUT2D eigenvalue weighted by molar-refractivity contribution is -0.149. The number of Topliss-reactive ketones (excluding diaryl/α,β-unsaturated/α-hetero) is 2. The summed E-state index contributed by atoms with van der Waals surface area (Å²) in [4.78, 5) is 59.3. The van der Waals surface area contributed by atoms with Gasteiger partial charge in [-0.2, -0.15) is 0 Å². The van der Waals surface area contributed by atoms with E-state index >= 15 is 0 Å². The summed E-state index contributed by atoms with van der Waals surface area (Å²) in [6.07, 6.45) is -1.09. The molecule has 0 saturated heterocycles. The van der Waals surface area contributed by atoms with Gasteiger partial charge in [0.25, 0.3) is 0 Å². The predicted octanol–water partition coefficient (Wildman–Crippen LogP) is 0.663. The Labute approximate surface area is 174 Å². The van der Waals surface area contributed by atoms with E-state index in [1.165, 1.54) is 0 Å². The summed E-state index contributed by atoms with van der Waals surface area (Å²) in [7, 11) is 1.62.